The van der Waals surface area contributed by atoms with Crippen molar-refractivity contribution in [2.24, 2.45) is 7.05 Å². The lowest BCUT2D eigenvalue weighted by Crippen LogP contribution is -2.46. The molecule has 2 aromatic carbocycles. The van der Waals surface area contributed by atoms with Crippen molar-refractivity contribution >= 4 is 40.3 Å². The van der Waals surface area contributed by atoms with Gasteiger partial charge in [0.25, 0.3) is 11.5 Å². The molecule has 4 aromatic rings. The van der Waals surface area contributed by atoms with Crippen molar-refractivity contribution < 1.29 is 9.59 Å². The van der Waals surface area contributed by atoms with Crippen LogP contribution in [0.2, 0.25) is 0 Å². The van der Waals surface area contributed by atoms with E-state index in [1.807, 2.05) is 49.4 Å². The summed E-state index contributed by atoms with van der Waals surface area (Å²) in [5, 5.41) is 6.31. The molecular formula is C35H40N6O3S. The maximum Gasteiger partial charge on any atom is 0.293 e. The fourth-order valence-electron chi connectivity index (χ4n) is 6.07. The molecule has 2 aliphatic rings. The summed E-state index contributed by atoms with van der Waals surface area (Å²) in [6, 6.07) is 15.1. The molecule has 2 aromatic heterocycles. The molecule has 0 radical (unpaired) electrons. The zero-order chi connectivity index (χ0) is 31.7. The normalized spacial score (nSPS) is 15.4. The minimum Gasteiger partial charge on any atom is -0.347 e. The molecule has 2 N–H and O–H groups in total. The highest BCUT2D eigenvalue weighted by Crippen LogP contribution is 2.32. The predicted octanol–water partition coefficient (Wildman–Crippen LogP) is 5.92. The Balaban J connectivity index is 1.23. The van der Waals surface area contributed by atoms with Crippen molar-refractivity contribution in [3.63, 3.8) is 0 Å². The quantitative estimate of drug-likeness (QED) is 0.236. The number of rotatable bonds is 8. The van der Waals surface area contributed by atoms with Crippen molar-refractivity contribution in [2.75, 3.05) is 37.8 Å². The van der Waals surface area contributed by atoms with E-state index in [2.05, 4.69) is 21.6 Å². The number of aromatic nitrogens is 2. The Morgan fingerprint density at radius 3 is 2.47 bits per heavy atom. The van der Waals surface area contributed by atoms with Crippen LogP contribution in [-0.2, 0) is 24.7 Å². The molecule has 1 fully saturated rings. The second-order valence-electron chi connectivity index (χ2n) is 12.2. The molecule has 0 saturated carbocycles. The Morgan fingerprint density at radius 1 is 1.00 bits per heavy atom. The molecule has 0 spiro atoms. The van der Waals surface area contributed by atoms with Crippen LogP contribution in [0, 0.1) is 6.92 Å². The van der Waals surface area contributed by atoms with Gasteiger partial charge in [-0.1, -0.05) is 30.7 Å². The van der Waals surface area contributed by atoms with E-state index in [4.69, 9.17) is 4.98 Å². The van der Waals surface area contributed by atoms with Gasteiger partial charge in [-0.05, 0) is 80.0 Å². The Labute approximate surface area is 267 Å². The number of carbonyl (C=O) groups excluding carboxylic acids is 2. The maximum absolute atomic E-state index is 13.3. The Kier molecular flexibility index (Phi) is 8.87. The lowest BCUT2D eigenvalue weighted by molar-refractivity contribution is -0.136. The molecule has 45 heavy (non-hydrogen) atoms. The number of benzene rings is 2. The SMILES string of the molecule is Cc1c(NC(=O)c2cc3c(s2)CCCCC3)cccc1-c1cn(C)c(=O)c(Nc2ccc(C(C(=O)N(C)C)N3CCC3)cc2)n1. The van der Waals surface area contributed by atoms with Gasteiger partial charge in [0.05, 0.1) is 10.6 Å². The van der Waals surface area contributed by atoms with Crippen molar-refractivity contribution in [1.29, 1.82) is 0 Å². The van der Waals surface area contributed by atoms with Crippen LogP contribution in [0.5, 0.6) is 0 Å². The maximum atomic E-state index is 13.3. The van der Waals surface area contributed by atoms with Gasteiger partial charge >= 0.3 is 0 Å². The fourth-order valence-corrected chi connectivity index (χ4v) is 7.22. The minimum absolute atomic E-state index is 0.0531. The van der Waals surface area contributed by atoms with E-state index in [9.17, 15) is 14.4 Å². The van der Waals surface area contributed by atoms with Crippen LogP contribution in [-0.4, -0.2) is 58.4 Å². The first-order valence-corrected chi connectivity index (χ1v) is 16.4. The van der Waals surface area contributed by atoms with Gasteiger partial charge in [0, 0.05) is 62.2 Å². The third-order valence-corrected chi connectivity index (χ3v) is 10.1. The average Bonchev–Trinajstić information content (AvgIpc) is 3.28. The predicted molar refractivity (Wildman–Crippen MR) is 181 cm³/mol. The second kappa shape index (κ2) is 13.0. The number of thiophene rings is 1. The van der Waals surface area contributed by atoms with E-state index in [1.54, 1.807) is 43.6 Å². The smallest absolute Gasteiger partial charge is 0.293 e. The summed E-state index contributed by atoms with van der Waals surface area (Å²) in [5.74, 6) is 0.147. The van der Waals surface area contributed by atoms with Gasteiger partial charge in [-0.15, -0.1) is 11.3 Å². The topological polar surface area (TPSA) is 99.6 Å². The Hall–Kier alpha value is -4.28. The third-order valence-electron chi connectivity index (χ3n) is 8.82. The number of nitrogens with zero attached hydrogens (tertiary/aromatic N) is 4. The summed E-state index contributed by atoms with van der Waals surface area (Å²) >= 11 is 1.61. The number of aryl methyl sites for hydroxylation is 3. The van der Waals surface area contributed by atoms with Gasteiger partial charge in [-0.3, -0.25) is 19.3 Å². The highest BCUT2D eigenvalue weighted by molar-refractivity contribution is 7.14. The second-order valence-corrected chi connectivity index (χ2v) is 13.4. The Bertz CT molecular complexity index is 1760. The number of amides is 2. The molecule has 10 heteroatoms. The number of likely N-dealkylation sites (tertiary alicyclic amines) is 1. The number of hydrogen-bond donors (Lipinski definition) is 2. The molecule has 234 valence electrons. The summed E-state index contributed by atoms with van der Waals surface area (Å²) in [6.07, 6.45) is 8.51. The van der Waals surface area contributed by atoms with Crippen LogP contribution in [0.25, 0.3) is 11.3 Å². The van der Waals surface area contributed by atoms with Gasteiger partial charge in [0.2, 0.25) is 5.91 Å². The van der Waals surface area contributed by atoms with Crippen LogP contribution in [0.1, 0.15) is 63.0 Å². The van der Waals surface area contributed by atoms with Gasteiger partial charge < -0.3 is 20.1 Å². The molecule has 3 heterocycles. The third kappa shape index (κ3) is 6.43. The fraction of sp³-hybridized carbons (Fsp3) is 0.371. The van der Waals surface area contributed by atoms with Gasteiger partial charge in [-0.2, -0.15) is 0 Å². The van der Waals surface area contributed by atoms with Gasteiger partial charge in [0.15, 0.2) is 5.82 Å². The molecule has 1 aliphatic carbocycles. The van der Waals surface area contributed by atoms with Crippen molar-refractivity contribution in [3.05, 3.63) is 91.5 Å². The zero-order valence-corrected chi connectivity index (χ0v) is 27.2. The molecular weight excluding hydrogens is 584 g/mol. The van der Waals surface area contributed by atoms with Crippen molar-refractivity contribution in [1.82, 2.24) is 19.4 Å². The summed E-state index contributed by atoms with van der Waals surface area (Å²) < 4.78 is 1.51. The highest BCUT2D eigenvalue weighted by atomic mass is 32.1. The molecule has 1 aliphatic heterocycles. The lowest BCUT2D eigenvalue weighted by Gasteiger charge is -2.38. The number of anilines is 3. The summed E-state index contributed by atoms with van der Waals surface area (Å²) in [7, 11) is 5.26. The number of fused-ring (bicyclic) bond motifs is 1. The number of nitrogens with one attached hydrogen (secondary N) is 2. The van der Waals surface area contributed by atoms with Crippen LogP contribution in [0.4, 0.5) is 17.2 Å². The minimum atomic E-state index is -0.317. The monoisotopic (exact) mass is 624 g/mol. The number of carbonyl (C=O) groups is 2. The lowest BCUT2D eigenvalue weighted by atomic mass is 10.00. The summed E-state index contributed by atoms with van der Waals surface area (Å²) in [6.45, 7) is 3.76. The molecule has 9 nitrogen and oxygen atoms in total. The molecule has 1 unspecified atom stereocenters. The standard InChI is InChI=1S/C35H40N6O3S/c1-22-26(11-8-12-27(22)38-33(42)30-20-24-10-6-5-7-13-29(24)45-30)28-21-40(4)35(44)32(37-28)36-25-16-14-23(15-17-25)31(34(43)39(2)3)41-18-9-19-41/h8,11-12,14-17,20-21,31H,5-7,9-10,13,18-19H2,1-4H3,(H,36,37)(H,38,42). The van der Waals surface area contributed by atoms with Gasteiger partial charge in [-0.25, -0.2) is 4.98 Å². The number of hydrogen-bond acceptors (Lipinski definition) is 7. The highest BCUT2D eigenvalue weighted by Gasteiger charge is 2.32. The van der Waals surface area contributed by atoms with Crippen LogP contribution >= 0.6 is 11.3 Å². The summed E-state index contributed by atoms with van der Waals surface area (Å²) in [5.41, 5.74) is 5.69. The first-order chi connectivity index (χ1) is 21.7. The van der Waals surface area contributed by atoms with Crippen molar-refractivity contribution in [3.8, 4) is 11.3 Å². The largest absolute Gasteiger partial charge is 0.347 e. The van der Waals surface area contributed by atoms with Crippen LogP contribution in [0.3, 0.4) is 0 Å². The molecule has 1 atom stereocenters. The first-order valence-electron chi connectivity index (χ1n) is 15.6. The molecule has 6 rings (SSSR count). The first kappa shape index (κ1) is 30.7. The summed E-state index contributed by atoms with van der Waals surface area (Å²) in [4.78, 5) is 49.9. The molecule has 0 bridgehead atoms. The molecule has 1 saturated heterocycles. The van der Waals surface area contributed by atoms with Crippen LogP contribution in [0.15, 0.2) is 59.5 Å². The van der Waals surface area contributed by atoms with Gasteiger partial charge in [0.1, 0.15) is 6.04 Å². The average molecular weight is 625 g/mol. The van der Waals surface area contributed by atoms with E-state index in [0.29, 0.717) is 17.1 Å². The van der Waals surface area contributed by atoms with E-state index in [1.165, 1.54) is 34.3 Å². The zero-order valence-electron chi connectivity index (χ0n) is 26.4. The Morgan fingerprint density at radius 2 is 1.76 bits per heavy atom. The van der Waals surface area contributed by atoms with Crippen molar-refractivity contribution in [2.45, 2.75) is 51.5 Å². The van der Waals surface area contributed by atoms with E-state index in [-0.39, 0.29) is 29.2 Å². The van der Waals surface area contributed by atoms with E-state index < -0.39 is 0 Å². The number of likely N-dealkylation sites (N-methyl/N-ethyl adjacent to an activating group) is 1. The van der Waals surface area contributed by atoms with Crippen LogP contribution < -0.4 is 16.2 Å². The molecule has 2 amide bonds. The van der Waals surface area contributed by atoms with E-state index in [0.717, 1.165) is 53.9 Å². The van der Waals surface area contributed by atoms with E-state index >= 15 is 0 Å².